The Morgan fingerprint density at radius 3 is 2.63 bits per heavy atom. The molecule has 8 heteroatoms. The minimum absolute atomic E-state index is 0.00197. The molecule has 3 aromatic rings. The molecule has 2 aliphatic heterocycles. The van der Waals surface area contributed by atoms with Gasteiger partial charge in [-0.15, -0.1) is 11.3 Å². The Hall–Kier alpha value is -3.23. The van der Waals surface area contributed by atoms with Crippen molar-refractivity contribution in [2.75, 3.05) is 49.6 Å². The maximum atomic E-state index is 13.6. The van der Waals surface area contributed by atoms with E-state index >= 15 is 0 Å². The summed E-state index contributed by atoms with van der Waals surface area (Å²) in [5, 5.41) is 4.04. The molecule has 1 N–H and O–H groups in total. The minimum atomic E-state index is -0.248. The highest BCUT2D eigenvalue weighted by Crippen LogP contribution is 2.40. The van der Waals surface area contributed by atoms with Crippen LogP contribution in [0.2, 0.25) is 0 Å². The second-order valence-corrected chi connectivity index (χ2v) is 10.1. The molecule has 2 aromatic heterocycles. The molecule has 4 heterocycles. The number of carbonyl (C=O) groups excluding carboxylic acids is 2. The second kappa shape index (κ2) is 10.6. The van der Waals surface area contributed by atoms with Gasteiger partial charge in [0.1, 0.15) is 5.82 Å². The molecule has 1 atom stereocenters. The van der Waals surface area contributed by atoms with Gasteiger partial charge in [-0.3, -0.25) is 9.59 Å². The predicted octanol–water partition coefficient (Wildman–Crippen LogP) is 4.45. The molecule has 1 unspecified atom stereocenters. The Balaban J connectivity index is 1.34. The lowest BCUT2D eigenvalue weighted by atomic mass is 9.97. The summed E-state index contributed by atoms with van der Waals surface area (Å²) in [4.78, 5) is 35.8. The van der Waals surface area contributed by atoms with E-state index in [0.29, 0.717) is 37.0 Å². The Morgan fingerprint density at radius 1 is 1.06 bits per heavy atom. The molecule has 182 valence electrons. The highest BCUT2D eigenvalue weighted by Gasteiger charge is 2.31. The standard InChI is InChI=1S/C27H30N4O3S/c1-19-7-5-11-24(28-19)29-25(32)21-10-6-12-31(18-21)26(33)23-17-22(20-8-3-2-4-9-20)27(35-23)30-13-15-34-16-14-30/h2-5,7-9,11,17,21H,6,10,12-16,18H2,1H3,(H,28,29,32). The molecule has 35 heavy (non-hydrogen) atoms. The van der Waals surface area contributed by atoms with Gasteiger partial charge in [-0.2, -0.15) is 0 Å². The van der Waals surface area contributed by atoms with Crippen LogP contribution in [0, 0.1) is 12.8 Å². The summed E-state index contributed by atoms with van der Waals surface area (Å²) in [5.41, 5.74) is 3.04. The molecule has 7 nitrogen and oxygen atoms in total. The smallest absolute Gasteiger partial charge is 0.264 e. The first kappa shape index (κ1) is 23.5. The summed E-state index contributed by atoms with van der Waals surface area (Å²) < 4.78 is 5.54. The Kier molecular flexibility index (Phi) is 7.11. The van der Waals surface area contributed by atoms with Crippen LogP contribution in [-0.2, 0) is 9.53 Å². The Bertz CT molecular complexity index is 1190. The van der Waals surface area contributed by atoms with Crippen molar-refractivity contribution in [2.45, 2.75) is 19.8 Å². The van der Waals surface area contributed by atoms with E-state index in [1.807, 2.05) is 48.2 Å². The first-order valence-electron chi connectivity index (χ1n) is 12.1. The number of amides is 2. The molecule has 5 rings (SSSR count). The molecule has 2 fully saturated rings. The SMILES string of the molecule is Cc1cccc(NC(=O)C2CCCN(C(=O)c3cc(-c4ccccc4)c(N4CCOCC4)s3)C2)n1. The summed E-state index contributed by atoms with van der Waals surface area (Å²) in [6.07, 6.45) is 1.57. The summed E-state index contributed by atoms with van der Waals surface area (Å²) in [5.74, 6) is 0.227. The van der Waals surface area contributed by atoms with Crippen LogP contribution < -0.4 is 10.2 Å². The summed E-state index contributed by atoms with van der Waals surface area (Å²) in [6, 6.07) is 17.8. The van der Waals surface area contributed by atoms with Gasteiger partial charge in [0.2, 0.25) is 5.91 Å². The number of nitrogens with zero attached hydrogens (tertiary/aromatic N) is 3. The number of rotatable bonds is 5. The van der Waals surface area contributed by atoms with Gasteiger partial charge in [0.15, 0.2) is 0 Å². The number of thiophene rings is 1. The van der Waals surface area contributed by atoms with Gasteiger partial charge in [-0.25, -0.2) is 4.98 Å². The molecule has 0 spiro atoms. The van der Waals surface area contributed by atoms with Crippen LogP contribution in [0.4, 0.5) is 10.8 Å². The van der Waals surface area contributed by atoms with Gasteiger partial charge in [0.25, 0.3) is 5.91 Å². The van der Waals surface area contributed by atoms with E-state index in [-0.39, 0.29) is 17.7 Å². The normalized spacial score (nSPS) is 18.4. The number of aromatic nitrogens is 1. The lowest BCUT2D eigenvalue weighted by molar-refractivity contribution is -0.121. The number of benzene rings is 1. The molecule has 0 bridgehead atoms. The third kappa shape index (κ3) is 5.39. The third-order valence-corrected chi connectivity index (χ3v) is 7.71. The number of likely N-dealkylation sites (tertiary alicyclic amines) is 1. The number of hydrogen-bond donors (Lipinski definition) is 1. The van der Waals surface area contributed by atoms with Crippen molar-refractivity contribution in [3.05, 3.63) is 65.2 Å². The van der Waals surface area contributed by atoms with Crippen LogP contribution >= 0.6 is 11.3 Å². The zero-order valence-electron chi connectivity index (χ0n) is 19.9. The molecule has 1 aromatic carbocycles. The van der Waals surface area contributed by atoms with E-state index in [0.717, 1.165) is 47.8 Å². The zero-order valence-corrected chi connectivity index (χ0v) is 20.7. The van der Waals surface area contributed by atoms with E-state index in [4.69, 9.17) is 4.74 Å². The molecule has 2 amide bonds. The minimum Gasteiger partial charge on any atom is -0.378 e. The predicted molar refractivity (Wildman–Crippen MR) is 139 cm³/mol. The van der Waals surface area contributed by atoms with Crippen molar-refractivity contribution >= 4 is 34.0 Å². The van der Waals surface area contributed by atoms with Gasteiger partial charge >= 0.3 is 0 Å². The quantitative estimate of drug-likeness (QED) is 0.572. The lowest BCUT2D eigenvalue weighted by Gasteiger charge is -2.31. The number of carbonyl (C=O) groups is 2. The fraction of sp³-hybridized carbons (Fsp3) is 0.370. The average Bonchev–Trinajstić information content (AvgIpc) is 3.35. The number of ether oxygens (including phenoxy) is 1. The van der Waals surface area contributed by atoms with E-state index in [1.54, 1.807) is 17.4 Å². The number of piperidine rings is 1. The van der Waals surface area contributed by atoms with Crippen LogP contribution in [0.5, 0.6) is 0 Å². The number of nitrogens with one attached hydrogen (secondary N) is 1. The number of anilines is 2. The van der Waals surface area contributed by atoms with Crippen LogP contribution in [0.3, 0.4) is 0 Å². The summed E-state index contributed by atoms with van der Waals surface area (Å²) in [6.45, 7) is 5.98. The first-order valence-corrected chi connectivity index (χ1v) is 13.0. The molecule has 2 aliphatic rings. The van der Waals surface area contributed by atoms with Gasteiger partial charge in [-0.1, -0.05) is 36.4 Å². The van der Waals surface area contributed by atoms with E-state index in [9.17, 15) is 9.59 Å². The van der Waals surface area contributed by atoms with Crippen LogP contribution in [0.15, 0.2) is 54.6 Å². The van der Waals surface area contributed by atoms with Crippen LogP contribution in [0.25, 0.3) is 11.1 Å². The second-order valence-electron chi connectivity index (χ2n) is 9.04. The van der Waals surface area contributed by atoms with Crippen molar-refractivity contribution in [3.63, 3.8) is 0 Å². The first-order chi connectivity index (χ1) is 17.1. The van der Waals surface area contributed by atoms with Gasteiger partial charge < -0.3 is 19.9 Å². The highest BCUT2D eigenvalue weighted by atomic mass is 32.1. The monoisotopic (exact) mass is 490 g/mol. The molecule has 0 aliphatic carbocycles. The summed E-state index contributed by atoms with van der Waals surface area (Å²) in [7, 11) is 0. The number of hydrogen-bond acceptors (Lipinski definition) is 6. The highest BCUT2D eigenvalue weighted by molar-refractivity contribution is 7.18. The van der Waals surface area contributed by atoms with E-state index < -0.39 is 0 Å². The van der Waals surface area contributed by atoms with Crippen LogP contribution in [0.1, 0.15) is 28.2 Å². The van der Waals surface area contributed by atoms with Crippen molar-refractivity contribution < 1.29 is 14.3 Å². The van der Waals surface area contributed by atoms with Crippen molar-refractivity contribution in [1.82, 2.24) is 9.88 Å². The van der Waals surface area contributed by atoms with Crippen molar-refractivity contribution in [3.8, 4) is 11.1 Å². The zero-order chi connectivity index (χ0) is 24.2. The van der Waals surface area contributed by atoms with Crippen LogP contribution in [-0.4, -0.2) is 61.1 Å². The Labute approximate surface area is 209 Å². The maximum absolute atomic E-state index is 13.6. The summed E-state index contributed by atoms with van der Waals surface area (Å²) >= 11 is 1.55. The molecular formula is C27H30N4O3S. The number of morpholine rings is 1. The van der Waals surface area contributed by atoms with Gasteiger partial charge in [0, 0.05) is 37.4 Å². The maximum Gasteiger partial charge on any atom is 0.264 e. The van der Waals surface area contributed by atoms with Crippen molar-refractivity contribution in [1.29, 1.82) is 0 Å². The fourth-order valence-electron chi connectivity index (χ4n) is 4.69. The van der Waals surface area contributed by atoms with Gasteiger partial charge in [0.05, 0.1) is 29.0 Å². The van der Waals surface area contributed by atoms with Gasteiger partial charge in [-0.05, 0) is 43.5 Å². The molecule has 0 radical (unpaired) electrons. The largest absolute Gasteiger partial charge is 0.378 e. The topological polar surface area (TPSA) is 74.8 Å². The Morgan fingerprint density at radius 2 is 1.86 bits per heavy atom. The van der Waals surface area contributed by atoms with E-state index in [2.05, 4.69) is 27.3 Å². The number of pyridine rings is 1. The molecule has 2 saturated heterocycles. The fourth-order valence-corrected chi connectivity index (χ4v) is 5.88. The molecule has 0 saturated carbocycles. The molecular weight excluding hydrogens is 460 g/mol. The average molecular weight is 491 g/mol. The van der Waals surface area contributed by atoms with E-state index in [1.165, 1.54) is 0 Å². The third-order valence-electron chi connectivity index (χ3n) is 6.53. The van der Waals surface area contributed by atoms with Crippen molar-refractivity contribution in [2.24, 2.45) is 5.92 Å². The lowest BCUT2D eigenvalue weighted by Crippen LogP contribution is -2.43. The number of aryl methyl sites for hydroxylation is 1.